The summed E-state index contributed by atoms with van der Waals surface area (Å²) in [5.41, 5.74) is 15.3. The molecule has 14 heteroatoms. The summed E-state index contributed by atoms with van der Waals surface area (Å²) in [6.07, 6.45) is 4.34. The van der Waals surface area contributed by atoms with Crippen molar-refractivity contribution in [2.24, 2.45) is 31.7 Å². The first-order valence-electron chi connectivity index (χ1n) is 12.3. The van der Waals surface area contributed by atoms with Crippen molar-refractivity contribution in [1.29, 1.82) is 0 Å². The van der Waals surface area contributed by atoms with Crippen molar-refractivity contribution in [3.63, 3.8) is 0 Å². The van der Waals surface area contributed by atoms with Gasteiger partial charge in [0.05, 0.1) is 12.5 Å². The Morgan fingerprint density at radius 2 is 1.66 bits per heavy atom. The lowest BCUT2D eigenvalue weighted by Gasteiger charge is -2.38. The van der Waals surface area contributed by atoms with Crippen LogP contribution in [0.1, 0.15) is 38.3 Å². The second-order valence-corrected chi connectivity index (χ2v) is 11.8. The third kappa shape index (κ3) is 5.19. The third-order valence-electron chi connectivity index (χ3n) is 7.46. The predicted molar refractivity (Wildman–Crippen MR) is 148 cm³/mol. The van der Waals surface area contributed by atoms with Crippen LogP contribution < -0.4 is 37.4 Å². The van der Waals surface area contributed by atoms with Gasteiger partial charge in [-0.25, -0.2) is 9.97 Å². The molecule has 1 unspecified atom stereocenters. The Labute approximate surface area is 236 Å². The number of nitrogens with one attached hydrogen (secondary N) is 6. The van der Waals surface area contributed by atoms with Gasteiger partial charge in [-0.05, 0) is 55.8 Å². The number of aryl methyl sites for hydroxylation is 2. The van der Waals surface area contributed by atoms with Crippen LogP contribution in [0, 0.1) is 11.8 Å². The van der Waals surface area contributed by atoms with Gasteiger partial charge in [0.25, 0.3) is 11.8 Å². The number of anilines is 1. The molecule has 12 nitrogen and oxygen atoms in total. The van der Waals surface area contributed by atoms with Crippen LogP contribution in [0.2, 0.25) is 0 Å². The Balaban J connectivity index is 1.42. The molecule has 38 heavy (non-hydrogen) atoms. The monoisotopic (exact) mass is 650 g/mol. The van der Waals surface area contributed by atoms with Crippen molar-refractivity contribution in [1.82, 2.24) is 30.1 Å². The fourth-order valence-electron chi connectivity index (χ4n) is 5.72. The van der Waals surface area contributed by atoms with E-state index in [4.69, 9.17) is 11.5 Å². The summed E-state index contributed by atoms with van der Waals surface area (Å²) in [6.45, 7) is 1.45. The molecule has 202 valence electrons. The van der Waals surface area contributed by atoms with E-state index in [2.05, 4.69) is 62.8 Å². The smallest absolute Gasteiger partial charge is 0.350 e. The number of carbonyl (C=O) groups is 2. The summed E-state index contributed by atoms with van der Waals surface area (Å²) in [7, 11) is 3.67. The van der Waals surface area contributed by atoms with Gasteiger partial charge in [0.15, 0.2) is 0 Å². The van der Waals surface area contributed by atoms with Gasteiger partial charge in [-0.3, -0.25) is 31.4 Å². The lowest BCUT2D eigenvalue weighted by atomic mass is 9.69. The molecule has 4 atom stereocenters. The predicted octanol–water partition coefficient (Wildman–Crippen LogP) is -1.29. The van der Waals surface area contributed by atoms with E-state index in [0.717, 1.165) is 20.3 Å². The van der Waals surface area contributed by atoms with E-state index in [1.807, 2.05) is 26.5 Å². The number of carbonyl (C=O) groups excluding carboxylic acids is 2. The van der Waals surface area contributed by atoms with Crippen LogP contribution in [0.4, 0.5) is 5.95 Å². The largest absolute Gasteiger partial charge is 0.350 e. The number of nitrogen functional groups attached to an aromatic ring is 1. The molecule has 1 aliphatic heterocycles. The number of rotatable bonds is 7. The first kappa shape index (κ1) is 26.4. The molecule has 2 aliphatic rings. The zero-order valence-electron chi connectivity index (χ0n) is 21.1. The summed E-state index contributed by atoms with van der Waals surface area (Å²) in [6, 6.07) is 3.55. The fraction of sp³-hybridized carbons (Fsp3) is 0.417. The van der Waals surface area contributed by atoms with Gasteiger partial charge in [-0.2, -0.15) is 0 Å². The number of amides is 2. The first-order chi connectivity index (χ1) is 18.1. The molecule has 0 saturated carbocycles. The quantitative estimate of drug-likeness (QED) is 0.168. The lowest BCUT2D eigenvalue weighted by molar-refractivity contribution is -0.452. The minimum atomic E-state index is -0.166. The maximum Gasteiger partial charge on any atom is 0.350 e. The van der Waals surface area contributed by atoms with Gasteiger partial charge in [-0.15, -0.1) is 0 Å². The van der Waals surface area contributed by atoms with E-state index in [0.29, 0.717) is 49.4 Å². The number of aromatic nitrogens is 4. The number of guanidine groups is 1. The zero-order chi connectivity index (χ0) is 27.1. The first-order valence-corrected chi connectivity index (χ1v) is 13.9. The molecule has 0 spiro atoms. The standard InChI is InChI=1S/C24H30Br2N10O2/c1-35-9-12(25)4-17(35)21(37)29-6-11-3-15-20(34-24(28)32-15)19(16-8-31-23(27)33-16)14(11)7-30-22(38)18-5-13(26)10-36(18)2/h4-5,9-11,14,16,19H,3,6-8H2,1-2H3,(H,29,37)(H,30,38)(H3,27,31,33)(H3,28,32,34)/p+2/t11-,14-,16?,19-/m1/s1. The number of fused-ring (bicyclic) bond motifs is 1. The Morgan fingerprint density at radius 1 is 1.05 bits per heavy atom. The molecule has 10 N–H and O–H groups in total. The number of nitrogens with zero attached hydrogens (tertiary/aromatic N) is 2. The Bertz CT molecular complexity index is 1410. The minimum absolute atomic E-state index is 0.00989. The van der Waals surface area contributed by atoms with Crippen molar-refractivity contribution in [2.45, 2.75) is 18.4 Å². The highest BCUT2D eigenvalue weighted by Gasteiger charge is 2.47. The number of halogens is 2. The third-order valence-corrected chi connectivity index (χ3v) is 8.33. The van der Waals surface area contributed by atoms with Crippen molar-refractivity contribution >= 4 is 55.6 Å². The van der Waals surface area contributed by atoms with E-state index in [9.17, 15) is 9.59 Å². The van der Waals surface area contributed by atoms with Crippen LogP contribution in [0.15, 0.2) is 33.5 Å². The average Bonchev–Trinajstić information content (AvgIpc) is 3.61. The molecule has 0 aromatic carbocycles. The van der Waals surface area contributed by atoms with E-state index >= 15 is 0 Å². The molecular formula is C24H32Br2N10O2+2. The van der Waals surface area contributed by atoms with Gasteiger partial charge in [0, 0.05) is 54.9 Å². The number of hydrogen-bond donors (Lipinski definition) is 7. The molecule has 1 aliphatic carbocycles. The van der Waals surface area contributed by atoms with Gasteiger partial charge in [-0.1, -0.05) is 0 Å². The second-order valence-electron chi connectivity index (χ2n) is 9.98. The summed E-state index contributed by atoms with van der Waals surface area (Å²) >= 11 is 6.86. The molecule has 5 rings (SSSR count). The second kappa shape index (κ2) is 10.5. The lowest BCUT2D eigenvalue weighted by Crippen LogP contribution is -2.73. The zero-order valence-corrected chi connectivity index (χ0v) is 24.2. The number of H-pyrrole nitrogens is 2. The minimum Gasteiger partial charge on any atom is -0.350 e. The van der Waals surface area contributed by atoms with Crippen molar-refractivity contribution < 1.29 is 19.6 Å². The Hall–Kier alpha value is -3.26. The number of hydrogen-bond acceptors (Lipinski definition) is 5. The van der Waals surface area contributed by atoms with Crippen LogP contribution in [0.5, 0.6) is 0 Å². The number of aromatic amines is 2. The molecule has 2 amide bonds. The highest BCUT2D eigenvalue weighted by atomic mass is 79.9. The molecule has 0 radical (unpaired) electrons. The van der Waals surface area contributed by atoms with E-state index in [1.165, 1.54) is 0 Å². The highest BCUT2D eigenvalue weighted by molar-refractivity contribution is 9.10. The molecule has 4 heterocycles. The number of imidazole rings is 1. The molecule has 3 aromatic heterocycles. The van der Waals surface area contributed by atoms with Gasteiger partial charge < -0.3 is 19.8 Å². The van der Waals surface area contributed by atoms with Crippen LogP contribution >= 0.6 is 31.9 Å². The molecule has 0 fully saturated rings. The summed E-state index contributed by atoms with van der Waals surface area (Å²) in [4.78, 5) is 35.9. The van der Waals surface area contributed by atoms with Crippen molar-refractivity contribution in [2.75, 3.05) is 25.4 Å². The topological polar surface area (TPSA) is 176 Å². The van der Waals surface area contributed by atoms with Gasteiger partial charge >= 0.3 is 11.9 Å². The van der Waals surface area contributed by atoms with E-state index < -0.39 is 0 Å². The normalized spacial score (nSPS) is 22.5. The van der Waals surface area contributed by atoms with E-state index in [-0.39, 0.29) is 35.6 Å². The van der Waals surface area contributed by atoms with E-state index in [1.54, 1.807) is 21.3 Å². The van der Waals surface area contributed by atoms with Crippen LogP contribution in [-0.4, -0.2) is 57.6 Å². The molecular weight excluding hydrogens is 620 g/mol. The van der Waals surface area contributed by atoms with Crippen molar-refractivity contribution in [3.8, 4) is 0 Å². The molecule has 0 bridgehead atoms. The fourth-order valence-corrected chi connectivity index (χ4v) is 6.77. The SMILES string of the molecule is Cn1cc(Br)cc1C(=O)NC[C@H]1Cc2[nH]c(N)[nH+]c2[C@@H](C2C[NH+]=C(N)N2)[C@@H]1CNC(=O)c1cc(Br)cn1C. The summed E-state index contributed by atoms with van der Waals surface area (Å²) in [5.74, 6) is 0.572. The van der Waals surface area contributed by atoms with Crippen LogP contribution in [0.25, 0.3) is 0 Å². The highest BCUT2D eigenvalue weighted by Crippen LogP contribution is 2.39. The Morgan fingerprint density at radius 3 is 2.18 bits per heavy atom. The average molecular weight is 652 g/mol. The van der Waals surface area contributed by atoms with Crippen LogP contribution in [0.3, 0.4) is 0 Å². The Kier molecular flexibility index (Phi) is 7.27. The molecule has 0 saturated heterocycles. The molecule has 3 aromatic rings. The van der Waals surface area contributed by atoms with Gasteiger partial charge in [0.2, 0.25) is 0 Å². The van der Waals surface area contributed by atoms with Gasteiger partial charge in [0.1, 0.15) is 28.8 Å². The maximum absolute atomic E-state index is 13.1. The maximum atomic E-state index is 13.1. The summed E-state index contributed by atoms with van der Waals surface area (Å²) in [5, 5.41) is 9.61. The van der Waals surface area contributed by atoms with Crippen molar-refractivity contribution in [3.05, 3.63) is 56.2 Å². The van der Waals surface area contributed by atoms with Crippen LogP contribution in [-0.2, 0) is 20.5 Å². The number of nitrogens with two attached hydrogens (primary N) is 2. The summed E-state index contributed by atoms with van der Waals surface area (Å²) < 4.78 is 5.24.